The maximum atomic E-state index is 9.46. The summed E-state index contributed by atoms with van der Waals surface area (Å²) in [5, 5.41) is 9.46. The largest absolute Gasteiger partial charge is 0.365 e. The molecule has 0 spiro atoms. The van der Waals surface area contributed by atoms with E-state index in [0.717, 1.165) is 30.6 Å². The highest BCUT2D eigenvalue weighted by Gasteiger charge is 2.31. The third-order valence-electron chi connectivity index (χ3n) is 5.51. The second-order valence-corrected chi connectivity index (χ2v) is 6.87. The Bertz CT molecular complexity index is 273. The van der Waals surface area contributed by atoms with Crippen molar-refractivity contribution >= 4 is 0 Å². The molecule has 0 aromatic heterocycles. The number of hydrogen-bond acceptors (Lipinski definition) is 2. The van der Waals surface area contributed by atoms with E-state index in [1.54, 1.807) is 0 Å². The van der Waals surface area contributed by atoms with Gasteiger partial charge in [0.25, 0.3) is 0 Å². The van der Waals surface area contributed by atoms with Crippen LogP contribution in [0.4, 0.5) is 0 Å². The molecule has 0 bridgehead atoms. The number of rotatable bonds is 6. The summed E-state index contributed by atoms with van der Waals surface area (Å²) in [6, 6.07) is 0. The molecule has 2 rings (SSSR count). The van der Waals surface area contributed by atoms with Gasteiger partial charge in [0, 0.05) is 0 Å². The molecular weight excluding hydrogens is 248 g/mol. The van der Waals surface area contributed by atoms with Crippen LogP contribution in [0.3, 0.4) is 0 Å². The summed E-state index contributed by atoms with van der Waals surface area (Å²) in [7, 11) is 0. The molecule has 2 saturated carbocycles. The van der Waals surface area contributed by atoms with Crippen LogP contribution in [0.1, 0.15) is 71.1 Å². The predicted molar refractivity (Wildman–Crippen MR) is 83.4 cm³/mol. The third-order valence-corrected chi connectivity index (χ3v) is 5.51. The highest BCUT2D eigenvalue weighted by molar-refractivity contribution is 4.83. The minimum atomic E-state index is -0.777. The Morgan fingerprint density at radius 3 is 2.10 bits per heavy atom. The lowest BCUT2D eigenvalue weighted by Gasteiger charge is -2.38. The minimum Gasteiger partial charge on any atom is -0.365 e. The first-order chi connectivity index (χ1) is 9.72. The zero-order valence-electron chi connectivity index (χ0n) is 13.1. The number of hydrogen-bond donors (Lipinski definition) is 1. The van der Waals surface area contributed by atoms with Crippen LogP contribution in [0, 0.1) is 17.8 Å². The van der Waals surface area contributed by atoms with Crippen molar-refractivity contribution in [1.82, 2.24) is 0 Å². The van der Waals surface area contributed by atoms with Gasteiger partial charge in [0.2, 0.25) is 0 Å². The van der Waals surface area contributed by atoms with Gasteiger partial charge in [0.05, 0.1) is 6.10 Å². The van der Waals surface area contributed by atoms with Crippen LogP contribution in [0.15, 0.2) is 12.7 Å². The van der Waals surface area contributed by atoms with E-state index in [-0.39, 0.29) is 6.10 Å². The van der Waals surface area contributed by atoms with E-state index < -0.39 is 6.29 Å². The Balaban J connectivity index is 1.68. The molecule has 0 amide bonds. The second-order valence-electron chi connectivity index (χ2n) is 6.87. The van der Waals surface area contributed by atoms with E-state index in [1.165, 1.54) is 57.4 Å². The molecule has 1 atom stereocenters. The van der Waals surface area contributed by atoms with Crippen LogP contribution >= 0.6 is 0 Å². The van der Waals surface area contributed by atoms with Gasteiger partial charge in [-0.3, -0.25) is 0 Å². The summed E-state index contributed by atoms with van der Waals surface area (Å²) >= 11 is 0. The van der Waals surface area contributed by atoms with E-state index in [9.17, 15) is 5.11 Å². The molecule has 2 aliphatic carbocycles. The summed E-state index contributed by atoms with van der Waals surface area (Å²) in [5.41, 5.74) is 0. The molecule has 116 valence electrons. The summed E-state index contributed by atoms with van der Waals surface area (Å²) in [4.78, 5) is 0. The molecule has 0 saturated heterocycles. The topological polar surface area (TPSA) is 29.5 Å². The quantitative estimate of drug-likeness (QED) is 0.566. The Morgan fingerprint density at radius 1 is 1.05 bits per heavy atom. The molecule has 2 fully saturated rings. The predicted octanol–water partition coefficient (Wildman–Crippen LogP) is 4.67. The van der Waals surface area contributed by atoms with Crippen molar-refractivity contribution in [3.05, 3.63) is 12.7 Å². The standard InChI is InChI=1S/C18H32O2/c1-3-5-14-6-8-15(9-7-14)16-10-12-17(13-11-16)20-18(19)4-2/h4,14-19H,2-3,5-13H2,1H3. The number of aliphatic hydroxyl groups is 1. The first-order valence-corrected chi connectivity index (χ1v) is 8.69. The Kier molecular flexibility index (Phi) is 6.57. The van der Waals surface area contributed by atoms with Crippen molar-refractivity contribution < 1.29 is 9.84 Å². The van der Waals surface area contributed by atoms with E-state index >= 15 is 0 Å². The normalized spacial score (nSPS) is 36.5. The van der Waals surface area contributed by atoms with Crippen LogP contribution in [0.2, 0.25) is 0 Å². The first-order valence-electron chi connectivity index (χ1n) is 8.69. The van der Waals surface area contributed by atoms with Gasteiger partial charge >= 0.3 is 0 Å². The summed E-state index contributed by atoms with van der Waals surface area (Å²) < 4.78 is 5.56. The number of ether oxygens (including phenoxy) is 1. The molecule has 2 heteroatoms. The maximum Gasteiger partial charge on any atom is 0.174 e. The van der Waals surface area contributed by atoms with Gasteiger partial charge in [0.1, 0.15) is 0 Å². The van der Waals surface area contributed by atoms with Crippen molar-refractivity contribution in [3.8, 4) is 0 Å². The van der Waals surface area contributed by atoms with Gasteiger partial charge in [0.15, 0.2) is 6.29 Å². The molecule has 0 aliphatic heterocycles. The molecule has 0 aromatic rings. The van der Waals surface area contributed by atoms with Gasteiger partial charge in [-0.05, 0) is 62.4 Å². The van der Waals surface area contributed by atoms with Gasteiger partial charge in [-0.2, -0.15) is 0 Å². The van der Waals surface area contributed by atoms with E-state index in [2.05, 4.69) is 13.5 Å². The summed E-state index contributed by atoms with van der Waals surface area (Å²) in [6.45, 7) is 5.87. The number of aliphatic hydroxyl groups excluding tert-OH is 1. The van der Waals surface area contributed by atoms with Gasteiger partial charge in [-0.25, -0.2) is 0 Å². The zero-order valence-corrected chi connectivity index (χ0v) is 13.1. The molecule has 1 unspecified atom stereocenters. The van der Waals surface area contributed by atoms with Crippen molar-refractivity contribution in [2.24, 2.45) is 17.8 Å². The Morgan fingerprint density at radius 2 is 1.60 bits per heavy atom. The van der Waals surface area contributed by atoms with E-state index in [0.29, 0.717) is 0 Å². The molecule has 2 nitrogen and oxygen atoms in total. The van der Waals surface area contributed by atoms with Gasteiger partial charge in [-0.1, -0.05) is 39.2 Å². The lowest BCUT2D eigenvalue weighted by atomic mass is 9.70. The molecule has 1 N–H and O–H groups in total. The second kappa shape index (κ2) is 8.19. The molecular formula is C18H32O2. The van der Waals surface area contributed by atoms with E-state index in [4.69, 9.17) is 4.74 Å². The average molecular weight is 280 g/mol. The molecule has 0 aromatic carbocycles. The average Bonchev–Trinajstić information content (AvgIpc) is 2.49. The molecule has 0 radical (unpaired) electrons. The Labute approximate surface area is 124 Å². The van der Waals surface area contributed by atoms with Crippen LogP contribution in [0.25, 0.3) is 0 Å². The van der Waals surface area contributed by atoms with Crippen molar-refractivity contribution in [1.29, 1.82) is 0 Å². The Hall–Kier alpha value is -0.340. The van der Waals surface area contributed by atoms with Crippen LogP contribution in [-0.4, -0.2) is 17.5 Å². The fourth-order valence-corrected chi connectivity index (χ4v) is 4.31. The maximum absolute atomic E-state index is 9.46. The van der Waals surface area contributed by atoms with Crippen LogP contribution in [0.5, 0.6) is 0 Å². The molecule has 2 aliphatic rings. The van der Waals surface area contributed by atoms with Crippen molar-refractivity contribution in [2.75, 3.05) is 0 Å². The smallest absolute Gasteiger partial charge is 0.174 e. The highest BCUT2D eigenvalue weighted by Crippen LogP contribution is 2.41. The monoisotopic (exact) mass is 280 g/mol. The SMILES string of the molecule is C=CC(O)OC1CCC(C2CCC(CCC)CC2)CC1. The fraction of sp³-hybridized carbons (Fsp3) is 0.889. The third kappa shape index (κ3) is 4.60. The van der Waals surface area contributed by atoms with Crippen LogP contribution in [-0.2, 0) is 4.74 Å². The molecule has 20 heavy (non-hydrogen) atoms. The molecule has 0 heterocycles. The fourth-order valence-electron chi connectivity index (χ4n) is 4.31. The summed E-state index contributed by atoms with van der Waals surface area (Å²) in [5.74, 6) is 2.89. The van der Waals surface area contributed by atoms with Crippen molar-refractivity contribution in [2.45, 2.75) is 83.5 Å². The minimum absolute atomic E-state index is 0.246. The van der Waals surface area contributed by atoms with E-state index in [1.807, 2.05) is 0 Å². The van der Waals surface area contributed by atoms with Gasteiger partial charge < -0.3 is 9.84 Å². The zero-order chi connectivity index (χ0) is 14.4. The summed E-state index contributed by atoms with van der Waals surface area (Å²) in [6.07, 6.45) is 14.4. The first kappa shape index (κ1) is 16.0. The van der Waals surface area contributed by atoms with Crippen LogP contribution < -0.4 is 0 Å². The highest BCUT2D eigenvalue weighted by atomic mass is 16.6. The van der Waals surface area contributed by atoms with Crippen molar-refractivity contribution in [3.63, 3.8) is 0 Å². The lowest BCUT2D eigenvalue weighted by molar-refractivity contribution is -0.119. The lowest BCUT2D eigenvalue weighted by Crippen LogP contribution is -2.30. The van der Waals surface area contributed by atoms with Gasteiger partial charge in [-0.15, -0.1) is 0 Å².